The number of rotatable bonds is 4. The van der Waals surface area contributed by atoms with Crippen LogP contribution < -0.4 is 4.74 Å². The summed E-state index contributed by atoms with van der Waals surface area (Å²) >= 11 is 3.15. The zero-order valence-electron chi connectivity index (χ0n) is 11.2. The number of alkyl halides is 4. The van der Waals surface area contributed by atoms with Gasteiger partial charge in [0, 0.05) is 11.5 Å². The van der Waals surface area contributed by atoms with Gasteiger partial charge in [0.25, 0.3) is 0 Å². The lowest BCUT2D eigenvalue weighted by atomic mass is 10.1. The Bertz CT molecular complexity index is 629. The van der Waals surface area contributed by atoms with E-state index in [0.717, 1.165) is 11.6 Å². The van der Waals surface area contributed by atoms with Gasteiger partial charge in [0.05, 0.1) is 11.3 Å². The van der Waals surface area contributed by atoms with Crippen LogP contribution in [-0.2, 0) is 18.1 Å². The number of ether oxygens (including phenoxy) is 1. The number of hydrogen-bond acceptors (Lipinski definition) is 2. The highest BCUT2D eigenvalue weighted by Gasteiger charge is 2.34. The highest BCUT2D eigenvalue weighted by molar-refractivity contribution is 9.08. The van der Waals surface area contributed by atoms with Gasteiger partial charge in [-0.05, 0) is 36.2 Å². The normalized spacial score (nSPS) is 11.5. The second-order valence-corrected chi connectivity index (χ2v) is 5.08. The van der Waals surface area contributed by atoms with Crippen LogP contribution in [0.5, 0.6) is 5.75 Å². The van der Waals surface area contributed by atoms with Gasteiger partial charge in [-0.15, -0.1) is 0 Å². The summed E-state index contributed by atoms with van der Waals surface area (Å²) < 4.78 is 44.5. The highest BCUT2D eigenvalue weighted by atomic mass is 79.9. The topological polar surface area (TPSA) is 22.1 Å². The van der Waals surface area contributed by atoms with Crippen molar-refractivity contribution in [2.24, 2.45) is 0 Å². The van der Waals surface area contributed by atoms with Crippen LogP contribution in [-0.4, -0.2) is 4.98 Å². The molecule has 2 nitrogen and oxygen atoms in total. The van der Waals surface area contributed by atoms with E-state index in [1.165, 1.54) is 6.07 Å². The van der Waals surface area contributed by atoms with E-state index in [1.54, 1.807) is 18.3 Å². The number of pyridine rings is 1. The first-order valence-corrected chi connectivity index (χ1v) is 7.33. The number of benzene rings is 1. The Morgan fingerprint density at radius 3 is 2.62 bits per heavy atom. The molecule has 1 aromatic heterocycles. The van der Waals surface area contributed by atoms with Crippen LogP contribution in [0, 0.1) is 6.92 Å². The molecular formula is C15H13BrF3NO. The smallest absolute Gasteiger partial charge is 0.419 e. The van der Waals surface area contributed by atoms with Gasteiger partial charge in [0.15, 0.2) is 0 Å². The van der Waals surface area contributed by atoms with Gasteiger partial charge < -0.3 is 4.74 Å². The third-order valence-corrected chi connectivity index (χ3v) is 3.63. The van der Waals surface area contributed by atoms with Crippen molar-refractivity contribution in [2.45, 2.75) is 25.0 Å². The zero-order chi connectivity index (χ0) is 15.5. The average molecular weight is 360 g/mol. The van der Waals surface area contributed by atoms with Crippen LogP contribution in [0.25, 0.3) is 0 Å². The molecule has 0 saturated heterocycles. The molecule has 0 aliphatic heterocycles. The molecule has 1 heterocycles. The van der Waals surface area contributed by atoms with Gasteiger partial charge in [-0.25, -0.2) is 0 Å². The number of aryl methyl sites for hydroxylation is 1. The Kier molecular flexibility index (Phi) is 4.88. The summed E-state index contributed by atoms with van der Waals surface area (Å²) in [6.45, 7) is 1.84. The van der Waals surface area contributed by atoms with E-state index < -0.39 is 11.7 Å². The molecule has 0 amide bonds. The van der Waals surface area contributed by atoms with Crippen molar-refractivity contribution in [1.82, 2.24) is 4.98 Å². The van der Waals surface area contributed by atoms with Gasteiger partial charge in [-0.2, -0.15) is 13.2 Å². The fourth-order valence-electron chi connectivity index (χ4n) is 1.82. The third-order valence-electron chi connectivity index (χ3n) is 2.99. The molecule has 0 aliphatic carbocycles. The lowest BCUT2D eigenvalue weighted by molar-refractivity contribution is -0.139. The summed E-state index contributed by atoms with van der Waals surface area (Å²) in [5, 5.41) is 0.357. The summed E-state index contributed by atoms with van der Waals surface area (Å²) in [4.78, 5) is 4.11. The van der Waals surface area contributed by atoms with E-state index in [1.807, 2.05) is 13.0 Å². The van der Waals surface area contributed by atoms with Crippen molar-refractivity contribution in [3.05, 3.63) is 58.9 Å². The number of aromatic nitrogens is 1. The van der Waals surface area contributed by atoms with E-state index in [-0.39, 0.29) is 12.4 Å². The fraction of sp³-hybridized carbons (Fsp3) is 0.267. The first-order valence-electron chi connectivity index (χ1n) is 6.21. The first-order chi connectivity index (χ1) is 9.91. The summed E-state index contributed by atoms with van der Waals surface area (Å²) in [5.41, 5.74) is 1.27. The molecule has 1 aromatic carbocycles. The van der Waals surface area contributed by atoms with Crippen molar-refractivity contribution >= 4 is 15.9 Å². The average Bonchev–Trinajstić information content (AvgIpc) is 2.45. The van der Waals surface area contributed by atoms with Gasteiger partial charge in [-0.1, -0.05) is 28.1 Å². The summed E-state index contributed by atoms with van der Waals surface area (Å²) in [6.07, 6.45) is -2.86. The van der Waals surface area contributed by atoms with Crippen LogP contribution in [0.3, 0.4) is 0 Å². The number of hydrogen-bond donors (Lipinski definition) is 0. The van der Waals surface area contributed by atoms with E-state index >= 15 is 0 Å². The maximum atomic E-state index is 13.1. The van der Waals surface area contributed by atoms with Crippen LogP contribution in [0.1, 0.15) is 22.4 Å². The Labute approximate surface area is 129 Å². The molecule has 0 aliphatic rings. The third kappa shape index (κ3) is 3.97. The molecule has 6 heteroatoms. The maximum Gasteiger partial charge on any atom is 0.419 e. The predicted octanol–water partition coefficient (Wildman–Crippen LogP) is 4.88. The van der Waals surface area contributed by atoms with Crippen molar-refractivity contribution in [3.8, 4) is 5.75 Å². The van der Waals surface area contributed by atoms with Crippen LogP contribution in [0.15, 0.2) is 36.5 Å². The van der Waals surface area contributed by atoms with Crippen LogP contribution in [0.4, 0.5) is 13.2 Å². The van der Waals surface area contributed by atoms with Crippen LogP contribution in [0.2, 0.25) is 0 Å². The van der Waals surface area contributed by atoms with Gasteiger partial charge in [0.1, 0.15) is 12.4 Å². The number of nitrogens with zero attached hydrogens (tertiary/aromatic N) is 1. The molecule has 0 bridgehead atoms. The maximum absolute atomic E-state index is 13.1. The van der Waals surface area contributed by atoms with Crippen molar-refractivity contribution < 1.29 is 17.9 Å². The largest absolute Gasteiger partial charge is 0.487 e. The SMILES string of the molecule is Cc1cccnc1COc1ccc(CBr)cc1C(F)(F)F. The lowest BCUT2D eigenvalue weighted by Gasteiger charge is -2.15. The van der Waals surface area contributed by atoms with Gasteiger partial charge in [0.2, 0.25) is 0 Å². The van der Waals surface area contributed by atoms with Gasteiger partial charge in [-0.3, -0.25) is 4.98 Å². The van der Waals surface area contributed by atoms with E-state index in [0.29, 0.717) is 16.6 Å². The second-order valence-electron chi connectivity index (χ2n) is 4.52. The monoisotopic (exact) mass is 359 g/mol. The molecule has 0 fully saturated rings. The van der Waals surface area contributed by atoms with Crippen molar-refractivity contribution in [2.75, 3.05) is 0 Å². The Balaban J connectivity index is 2.26. The zero-order valence-corrected chi connectivity index (χ0v) is 12.8. The lowest BCUT2D eigenvalue weighted by Crippen LogP contribution is -2.10. The molecule has 0 radical (unpaired) electrons. The van der Waals surface area contributed by atoms with Crippen LogP contribution >= 0.6 is 15.9 Å². The summed E-state index contributed by atoms with van der Waals surface area (Å²) in [7, 11) is 0. The highest BCUT2D eigenvalue weighted by Crippen LogP contribution is 2.37. The quantitative estimate of drug-likeness (QED) is 0.725. The molecule has 0 atom stereocenters. The minimum atomic E-state index is -4.45. The first kappa shape index (κ1) is 15.8. The molecule has 112 valence electrons. The summed E-state index contributed by atoms with van der Waals surface area (Å²) in [6, 6.07) is 7.65. The Hall–Kier alpha value is -1.56. The molecule has 2 aromatic rings. The fourth-order valence-corrected chi connectivity index (χ4v) is 2.17. The van der Waals surface area contributed by atoms with E-state index in [4.69, 9.17) is 4.74 Å². The molecule has 21 heavy (non-hydrogen) atoms. The minimum Gasteiger partial charge on any atom is -0.487 e. The molecule has 0 saturated carbocycles. The number of halogens is 4. The molecular weight excluding hydrogens is 347 g/mol. The Morgan fingerprint density at radius 1 is 1.24 bits per heavy atom. The molecule has 2 rings (SSSR count). The van der Waals surface area contributed by atoms with Crippen molar-refractivity contribution in [3.63, 3.8) is 0 Å². The molecule has 0 N–H and O–H groups in total. The van der Waals surface area contributed by atoms with E-state index in [2.05, 4.69) is 20.9 Å². The van der Waals surface area contributed by atoms with E-state index in [9.17, 15) is 13.2 Å². The van der Waals surface area contributed by atoms with Crippen molar-refractivity contribution in [1.29, 1.82) is 0 Å². The summed E-state index contributed by atoms with van der Waals surface area (Å²) in [5.74, 6) is -0.183. The van der Waals surface area contributed by atoms with Gasteiger partial charge >= 0.3 is 6.18 Å². The Morgan fingerprint density at radius 2 is 2.00 bits per heavy atom. The molecule has 0 spiro atoms. The predicted molar refractivity (Wildman–Crippen MR) is 77.4 cm³/mol. The molecule has 0 unspecified atom stereocenters. The standard InChI is InChI=1S/C15H13BrF3NO/c1-10-3-2-6-20-13(10)9-21-14-5-4-11(8-16)7-12(14)15(17,18)19/h2-7H,8-9H2,1H3. The second kappa shape index (κ2) is 6.47. The minimum absolute atomic E-state index is 0.00339.